The summed E-state index contributed by atoms with van der Waals surface area (Å²) in [5, 5.41) is 0. The molecule has 0 saturated carbocycles. The fourth-order valence-electron chi connectivity index (χ4n) is 2.85. The standard InChI is InChI=1S/C21H32N4.ClH/c1-15-11-10-12-16(2)18(15)22-17(3)23-19-24(20(4,5)6)13-14-25(19)21(7,8)9;/h10-14H,1-9H3;1H/b22-17+;. The number of para-hydroxylation sites is 1. The molecule has 0 saturated heterocycles. The second-order valence-corrected chi connectivity index (χ2v) is 8.69. The number of imidazole rings is 1. The molecule has 0 aliphatic heterocycles. The smallest absolute Gasteiger partial charge is 0.212 e. The van der Waals surface area contributed by atoms with Gasteiger partial charge in [-0.15, -0.1) is 12.4 Å². The summed E-state index contributed by atoms with van der Waals surface area (Å²) in [6, 6.07) is 6.24. The topological polar surface area (TPSA) is 34.6 Å². The number of aromatic nitrogens is 2. The van der Waals surface area contributed by atoms with Gasteiger partial charge in [-0.2, -0.15) is 4.99 Å². The Kier molecular flexibility index (Phi) is 6.69. The lowest BCUT2D eigenvalue weighted by Crippen LogP contribution is -2.41. The molecule has 2 aromatic rings. The predicted octanol–water partition coefficient (Wildman–Crippen LogP) is 5.49. The third kappa shape index (κ3) is 4.88. The molecule has 2 rings (SSSR count). The lowest BCUT2D eigenvalue weighted by molar-refractivity contribution is 0.337. The van der Waals surface area contributed by atoms with E-state index in [0.717, 1.165) is 17.1 Å². The number of nitrogens with zero attached hydrogens (tertiary/aromatic N) is 4. The molecule has 0 fully saturated rings. The Morgan fingerprint density at radius 3 is 1.65 bits per heavy atom. The molecule has 0 aliphatic rings. The van der Waals surface area contributed by atoms with E-state index in [9.17, 15) is 0 Å². The summed E-state index contributed by atoms with van der Waals surface area (Å²) in [5.41, 5.74) is 4.18. The number of benzene rings is 1. The first-order valence-corrected chi connectivity index (χ1v) is 8.88. The van der Waals surface area contributed by atoms with Crippen molar-refractivity contribution in [3.63, 3.8) is 0 Å². The van der Waals surface area contributed by atoms with Crippen molar-refractivity contribution in [2.45, 2.75) is 73.4 Å². The molecule has 0 radical (unpaired) electrons. The first-order chi connectivity index (χ1) is 11.4. The zero-order valence-electron chi connectivity index (χ0n) is 17.6. The number of hydrogen-bond acceptors (Lipinski definition) is 1. The highest BCUT2D eigenvalue weighted by Crippen LogP contribution is 2.23. The van der Waals surface area contributed by atoms with Gasteiger partial charge in [0.05, 0.1) is 5.69 Å². The van der Waals surface area contributed by atoms with Crippen molar-refractivity contribution in [1.29, 1.82) is 0 Å². The van der Waals surface area contributed by atoms with Crippen LogP contribution < -0.4 is 5.62 Å². The van der Waals surface area contributed by atoms with Crippen LogP contribution >= 0.6 is 12.4 Å². The molecule has 0 amide bonds. The summed E-state index contributed by atoms with van der Waals surface area (Å²) in [4.78, 5) is 9.71. The summed E-state index contributed by atoms with van der Waals surface area (Å²) in [6.45, 7) is 19.3. The number of hydrogen-bond donors (Lipinski definition) is 0. The Hall–Kier alpha value is -1.81. The van der Waals surface area contributed by atoms with Gasteiger partial charge in [0.2, 0.25) is 5.62 Å². The third-order valence-electron chi connectivity index (χ3n) is 4.22. The van der Waals surface area contributed by atoms with Crippen LogP contribution in [0.25, 0.3) is 0 Å². The monoisotopic (exact) mass is 376 g/mol. The fourth-order valence-corrected chi connectivity index (χ4v) is 2.85. The molecule has 5 heteroatoms. The van der Waals surface area contributed by atoms with Gasteiger partial charge in [-0.1, -0.05) is 18.2 Å². The largest absolute Gasteiger partial charge is 0.312 e. The fraction of sp³-hybridized carbons (Fsp3) is 0.524. The van der Waals surface area contributed by atoms with Gasteiger partial charge >= 0.3 is 0 Å². The average molecular weight is 377 g/mol. The van der Waals surface area contributed by atoms with E-state index in [1.54, 1.807) is 0 Å². The predicted molar refractivity (Wildman–Crippen MR) is 114 cm³/mol. The van der Waals surface area contributed by atoms with Crippen LogP contribution in [0, 0.1) is 13.8 Å². The lowest BCUT2D eigenvalue weighted by Gasteiger charge is -2.24. The van der Waals surface area contributed by atoms with E-state index in [4.69, 9.17) is 9.98 Å². The van der Waals surface area contributed by atoms with Crippen molar-refractivity contribution in [2.75, 3.05) is 0 Å². The summed E-state index contributed by atoms with van der Waals surface area (Å²) in [5.74, 6) is 0.764. The van der Waals surface area contributed by atoms with Crippen LogP contribution in [-0.4, -0.2) is 15.0 Å². The summed E-state index contributed by atoms with van der Waals surface area (Å²) in [6.07, 6.45) is 4.22. The van der Waals surface area contributed by atoms with Gasteiger partial charge in [-0.25, -0.2) is 4.99 Å². The normalized spacial score (nSPS) is 12.7. The van der Waals surface area contributed by atoms with Crippen molar-refractivity contribution in [1.82, 2.24) is 9.13 Å². The van der Waals surface area contributed by atoms with E-state index in [0.29, 0.717) is 0 Å². The van der Waals surface area contributed by atoms with Gasteiger partial charge in [0, 0.05) is 23.5 Å². The number of amidine groups is 1. The van der Waals surface area contributed by atoms with E-state index in [1.807, 2.05) is 6.92 Å². The Morgan fingerprint density at radius 1 is 0.846 bits per heavy atom. The average Bonchev–Trinajstić information content (AvgIpc) is 2.86. The van der Waals surface area contributed by atoms with Crippen LogP contribution in [-0.2, 0) is 11.1 Å². The van der Waals surface area contributed by atoms with Crippen molar-refractivity contribution in [2.24, 2.45) is 9.98 Å². The Labute approximate surface area is 164 Å². The number of aliphatic imine (C=N–C) groups is 1. The summed E-state index contributed by atoms with van der Waals surface area (Å²) < 4.78 is 4.42. The molecule has 1 aromatic heterocycles. The van der Waals surface area contributed by atoms with Crippen LogP contribution in [0.2, 0.25) is 0 Å². The second-order valence-electron chi connectivity index (χ2n) is 8.69. The minimum absolute atomic E-state index is 0. The van der Waals surface area contributed by atoms with E-state index in [1.165, 1.54) is 11.1 Å². The quantitative estimate of drug-likeness (QED) is 0.466. The number of rotatable bonds is 1. The van der Waals surface area contributed by atoms with E-state index >= 15 is 0 Å². The maximum absolute atomic E-state index is 4.91. The highest BCUT2D eigenvalue weighted by atomic mass is 35.5. The molecular formula is C21H33ClN4. The van der Waals surface area contributed by atoms with Crippen LogP contribution in [0.15, 0.2) is 40.6 Å². The van der Waals surface area contributed by atoms with Crippen LogP contribution in [0.3, 0.4) is 0 Å². The molecule has 1 aromatic carbocycles. The van der Waals surface area contributed by atoms with Gasteiger partial charge in [0.1, 0.15) is 5.84 Å². The molecule has 1 heterocycles. The van der Waals surface area contributed by atoms with Crippen molar-refractivity contribution >= 4 is 23.9 Å². The van der Waals surface area contributed by atoms with Crippen molar-refractivity contribution < 1.29 is 0 Å². The molecule has 0 aliphatic carbocycles. The lowest BCUT2D eigenvalue weighted by atomic mass is 10.1. The zero-order chi connectivity index (χ0) is 19.0. The highest BCUT2D eigenvalue weighted by Gasteiger charge is 2.21. The van der Waals surface area contributed by atoms with Gasteiger partial charge in [-0.05, 0) is 73.4 Å². The summed E-state index contributed by atoms with van der Waals surface area (Å²) in [7, 11) is 0. The second kappa shape index (κ2) is 7.83. The molecule has 0 spiro atoms. The van der Waals surface area contributed by atoms with Gasteiger partial charge < -0.3 is 9.13 Å². The van der Waals surface area contributed by atoms with Crippen LogP contribution in [0.4, 0.5) is 5.69 Å². The van der Waals surface area contributed by atoms with E-state index < -0.39 is 0 Å². The Morgan fingerprint density at radius 2 is 1.27 bits per heavy atom. The first-order valence-electron chi connectivity index (χ1n) is 8.88. The highest BCUT2D eigenvalue weighted by molar-refractivity contribution is 5.85. The van der Waals surface area contributed by atoms with Gasteiger partial charge in [-0.3, -0.25) is 0 Å². The molecule has 0 atom stereocenters. The SMILES string of the molecule is C/C(N=c1n(C(C)(C)C)ccn1C(C)(C)C)=N\c1c(C)cccc1C.Cl. The minimum atomic E-state index is -0.0474. The third-order valence-corrected chi connectivity index (χ3v) is 4.22. The summed E-state index contributed by atoms with van der Waals surface area (Å²) >= 11 is 0. The molecule has 0 unspecified atom stereocenters. The molecular weight excluding hydrogens is 344 g/mol. The molecule has 144 valence electrons. The van der Waals surface area contributed by atoms with Crippen LogP contribution in [0.1, 0.15) is 59.6 Å². The van der Waals surface area contributed by atoms with Gasteiger partial charge in [0.25, 0.3) is 0 Å². The van der Waals surface area contributed by atoms with Gasteiger partial charge in [0.15, 0.2) is 0 Å². The number of aryl methyl sites for hydroxylation is 2. The zero-order valence-corrected chi connectivity index (χ0v) is 18.4. The Bertz CT molecular complexity index is 801. The molecule has 0 bridgehead atoms. The maximum atomic E-state index is 4.91. The van der Waals surface area contributed by atoms with Crippen LogP contribution in [0.5, 0.6) is 0 Å². The number of halogens is 1. The van der Waals surface area contributed by atoms with E-state index in [-0.39, 0.29) is 23.5 Å². The van der Waals surface area contributed by atoms with E-state index in [2.05, 4.69) is 95.1 Å². The minimum Gasteiger partial charge on any atom is -0.312 e. The first kappa shape index (κ1) is 22.2. The molecule has 0 N–H and O–H groups in total. The molecule has 26 heavy (non-hydrogen) atoms. The molecule has 4 nitrogen and oxygen atoms in total. The van der Waals surface area contributed by atoms with Crippen molar-refractivity contribution in [3.05, 3.63) is 47.3 Å². The van der Waals surface area contributed by atoms with Crippen molar-refractivity contribution in [3.8, 4) is 0 Å². The maximum Gasteiger partial charge on any atom is 0.212 e. The Balaban J connectivity index is 0.00000338.